The lowest BCUT2D eigenvalue weighted by Gasteiger charge is -2.17. The Morgan fingerprint density at radius 3 is 2.71 bits per heavy atom. The van der Waals surface area contributed by atoms with Crippen molar-refractivity contribution in [2.45, 2.75) is 40.2 Å². The van der Waals surface area contributed by atoms with Crippen LogP contribution in [0.25, 0.3) is 0 Å². The third-order valence-corrected chi connectivity index (χ3v) is 3.25. The first-order valence-corrected chi connectivity index (χ1v) is 6.56. The molecule has 0 saturated heterocycles. The average molecular weight is 256 g/mol. The summed E-state index contributed by atoms with van der Waals surface area (Å²) in [4.78, 5) is 15.8. The topological polar surface area (TPSA) is 65.2 Å². The van der Waals surface area contributed by atoms with Crippen LogP contribution in [0.5, 0.6) is 0 Å². The van der Waals surface area contributed by atoms with Crippen LogP contribution in [-0.4, -0.2) is 17.6 Å². The summed E-state index contributed by atoms with van der Waals surface area (Å²) in [6.07, 6.45) is 0.836. The molecule has 0 saturated carbocycles. The number of hydrogen-bond donors (Lipinski definition) is 1. The first-order chi connectivity index (χ1) is 7.79. The fraction of sp³-hybridized carbons (Fsp3) is 0.667. The smallest absolute Gasteiger partial charge is 0.357 e. The van der Waals surface area contributed by atoms with Gasteiger partial charge in [-0.15, -0.1) is 11.3 Å². The number of carbonyl (C=O) groups excluding carboxylic acids is 1. The van der Waals surface area contributed by atoms with Crippen molar-refractivity contribution < 1.29 is 9.53 Å². The predicted molar refractivity (Wildman–Crippen MR) is 69.1 cm³/mol. The van der Waals surface area contributed by atoms with E-state index in [2.05, 4.69) is 25.8 Å². The first kappa shape index (κ1) is 14.1. The molecule has 0 aliphatic heterocycles. The van der Waals surface area contributed by atoms with E-state index in [0.29, 0.717) is 12.3 Å². The van der Waals surface area contributed by atoms with E-state index in [9.17, 15) is 4.79 Å². The molecule has 1 unspecified atom stereocenters. The van der Waals surface area contributed by atoms with Gasteiger partial charge in [-0.3, -0.25) is 0 Å². The van der Waals surface area contributed by atoms with Crippen LogP contribution in [0.15, 0.2) is 5.38 Å². The zero-order valence-electron chi connectivity index (χ0n) is 10.8. The minimum atomic E-state index is -0.364. The van der Waals surface area contributed by atoms with Gasteiger partial charge in [0.1, 0.15) is 5.01 Å². The van der Waals surface area contributed by atoms with E-state index < -0.39 is 0 Å². The molecule has 1 rings (SSSR count). The molecule has 2 N–H and O–H groups in total. The number of nitrogens with zero attached hydrogens (tertiary/aromatic N) is 1. The molecular weight excluding hydrogens is 236 g/mol. The van der Waals surface area contributed by atoms with Crippen LogP contribution in [0, 0.1) is 5.41 Å². The van der Waals surface area contributed by atoms with E-state index >= 15 is 0 Å². The molecule has 1 heterocycles. The van der Waals surface area contributed by atoms with Crippen molar-refractivity contribution in [2.75, 3.05) is 6.61 Å². The van der Waals surface area contributed by atoms with E-state index in [1.807, 2.05) is 6.92 Å². The summed E-state index contributed by atoms with van der Waals surface area (Å²) in [6, 6.07) is -0.142. The van der Waals surface area contributed by atoms with E-state index in [4.69, 9.17) is 10.5 Å². The lowest BCUT2D eigenvalue weighted by Crippen LogP contribution is -2.14. The summed E-state index contributed by atoms with van der Waals surface area (Å²) in [6.45, 7) is 8.59. The number of hydrogen-bond acceptors (Lipinski definition) is 5. The number of ether oxygens (including phenoxy) is 1. The molecule has 0 aromatic carbocycles. The maximum absolute atomic E-state index is 11.6. The Labute approximate surface area is 106 Å². The molecule has 0 fully saturated rings. The molecule has 17 heavy (non-hydrogen) atoms. The van der Waals surface area contributed by atoms with Crippen molar-refractivity contribution in [1.82, 2.24) is 4.98 Å². The van der Waals surface area contributed by atoms with Gasteiger partial charge < -0.3 is 10.5 Å². The summed E-state index contributed by atoms with van der Waals surface area (Å²) >= 11 is 1.39. The van der Waals surface area contributed by atoms with Crippen molar-refractivity contribution in [2.24, 2.45) is 11.1 Å². The highest BCUT2D eigenvalue weighted by Gasteiger charge is 2.16. The number of aromatic nitrogens is 1. The van der Waals surface area contributed by atoms with E-state index in [-0.39, 0.29) is 17.4 Å². The first-order valence-electron chi connectivity index (χ1n) is 5.68. The van der Waals surface area contributed by atoms with Crippen LogP contribution in [0.1, 0.15) is 55.7 Å². The second-order valence-corrected chi connectivity index (χ2v) is 6.20. The molecule has 4 nitrogen and oxygen atoms in total. The number of carbonyl (C=O) groups is 1. The van der Waals surface area contributed by atoms with Crippen LogP contribution >= 0.6 is 11.3 Å². The Hall–Kier alpha value is -0.940. The van der Waals surface area contributed by atoms with Gasteiger partial charge in [0.05, 0.1) is 12.6 Å². The molecular formula is C12H20N2O2S. The Balaban J connectivity index is 2.47. The molecule has 0 aliphatic rings. The average Bonchev–Trinajstić information content (AvgIpc) is 2.63. The van der Waals surface area contributed by atoms with Gasteiger partial charge in [-0.05, 0) is 18.8 Å². The van der Waals surface area contributed by atoms with Gasteiger partial charge in [-0.1, -0.05) is 20.8 Å². The highest BCUT2D eigenvalue weighted by Crippen LogP contribution is 2.19. The minimum Gasteiger partial charge on any atom is -0.461 e. The highest BCUT2D eigenvalue weighted by molar-refractivity contribution is 7.09. The molecule has 1 atom stereocenters. The molecule has 1 aromatic rings. The molecule has 1 aromatic heterocycles. The highest BCUT2D eigenvalue weighted by atomic mass is 32.1. The zero-order valence-corrected chi connectivity index (χ0v) is 11.6. The second-order valence-electron chi connectivity index (χ2n) is 5.31. The number of nitrogens with two attached hydrogens (primary N) is 1. The van der Waals surface area contributed by atoms with Crippen LogP contribution in [0.4, 0.5) is 0 Å². The van der Waals surface area contributed by atoms with Gasteiger partial charge in [0.2, 0.25) is 0 Å². The maximum Gasteiger partial charge on any atom is 0.357 e. The summed E-state index contributed by atoms with van der Waals surface area (Å²) in [7, 11) is 0. The van der Waals surface area contributed by atoms with E-state index in [1.54, 1.807) is 5.38 Å². The summed E-state index contributed by atoms with van der Waals surface area (Å²) in [5.41, 5.74) is 6.20. The standard InChI is InChI=1S/C12H20N2O2S/c1-8(13)10-14-9(7-17-10)11(15)16-6-5-12(2,3)4/h7-8H,5-6,13H2,1-4H3. The quantitative estimate of drug-likeness (QED) is 0.841. The molecule has 5 heteroatoms. The third-order valence-electron chi connectivity index (χ3n) is 2.21. The van der Waals surface area contributed by atoms with Gasteiger partial charge >= 0.3 is 5.97 Å². The van der Waals surface area contributed by atoms with Crippen LogP contribution in [0.3, 0.4) is 0 Å². The van der Waals surface area contributed by atoms with Crippen molar-refractivity contribution in [3.8, 4) is 0 Å². The van der Waals surface area contributed by atoms with Crippen LogP contribution in [-0.2, 0) is 4.74 Å². The van der Waals surface area contributed by atoms with Crippen molar-refractivity contribution >= 4 is 17.3 Å². The van der Waals surface area contributed by atoms with E-state index in [0.717, 1.165) is 11.4 Å². The molecule has 0 amide bonds. The molecule has 0 radical (unpaired) electrons. The monoisotopic (exact) mass is 256 g/mol. The molecule has 0 bridgehead atoms. The molecule has 0 spiro atoms. The number of rotatable bonds is 4. The van der Waals surface area contributed by atoms with Crippen LogP contribution < -0.4 is 5.73 Å². The zero-order chi connectivity index (χ0) is 13.1. The van der Waals surface area contributed by atoms with Gasteiger partial charge in [0, 0.05) is 5.38 Å². The molecule has 0 aliphatic carbocycles. The van der Waals surface area contributed by atoms with Gasteiger partial charge in [-0.25, -0.2) is 9.78 Å². The van der Waals surface area contributed by atoms with Crippen molar-refractivity contribution in [1.29, 1.82) is 0 Å². The molecule has 96 valence electrons. The SMILES string of the molecule is CC(N)c1nc(C(=O)OCCC(C)(C)C)cs1. The Morgan fingerprint density at radius 1 is 1.59 bits per heavy atom. The lowest BCUT2D eigenvalue weighted by atomic mass is 9.93. The van der Waals surface area contributed by atoms with Gasteiger partial charge in [0.15, 0.2) is 5.69 Å². The largest absolute Gasteiger partial charge is 0.461 e. The number of esters is 1. The van der Waals surface area contributed by atoms with Crippen LogP contribution in [0.2, 0.25) is 0 Å². The minimum absolute atomic E-state index is 0.142. The third kappa shape index (κ3) is 4.83. The fourth-order valence-corrected chi connectivity index (χ4v) is 1.86. The van der Waals surface area contributed by atoms with Gasteiger partial charge in [0.25, 0.3) is 0 Å². The van der Waals surface area contributed by atoms with Gasteiger partial charge in [-0.2, -0.15) is 0 Å². The van der Waals surface area contributed by atoms with Crippen molar-refractivity contribution in [3.05, 3.63) is 16.1 Å². The Bertz CT molecular complexity index is 380. The fourth-order valence-electron chi connectivity index (χ4n) is 1.11. The predicted octanol–water partition coefficient (Wildman–Crippen LogP) is 2.76. The van der Waals surface area contributed by atoms with E-state index in [1.165, 1.54) is 11.3 Å². The second kappa shape index (κ2) is 5.60. The normalized spacial score (nSPS) is 13.5. The number of thiazole rings is 1. The summed E-state index contributed by atoms with van der Waals surface area (Å²) in [5.74, 6) is -0.364. The van der Waals surface area contributed by atoms with Crippen molar-refractivity contribution in [3.63, 3.8) is 0 Å². The maximum atomic E-state index is 11.6. The summed E-state index contributed by atoms with van der Waals surface area (Å²) in [5, 5.41) is 2.45. The Morgan fingerprint density at radius 2 is 2.24 bits per heavy atom. The summed E-state index contributed by atoms with van der Waals surface area (Å²) < 4.78 is 5.16. The lowest BCUT2D eigenvalue weighted by molar-refractivity contribution is 0.0458. The Kier molecular flexibility index (Phi) is 4.65.